The number of quaternary nitrogens is 1. The highest BCUT2D eigenvalue weighted by Crippen LogP contribution is 2.20. The molecular weight excluding hydrogens is 366 g/mol. The number of nitrogens with zero attached hydrogens (tertiary/aromatic N) is 1. The molecule has 1 aliphatic heterocycles. The molecule has 6 heteroatoms. The first-order chi connectivity index (χ1) is 14.0. The van der Waals surface area contributed by atoms with Crippen molar-refractivity contribution in [1.82, 2.24) is 5.32 Å². The van der Waals surface area contributed by atoms with Gasteiger partial charge in [0.25, 0.3) is 5.91 Å². The van der Waals surface area contributed by atoms with Gasteiger partial charge in [0.2, 0.25) is 0 Å². The number of benzene rings is 2. The largest absolute Gasteiger partial charge is 0.426 e. The number of hydrogen-bond donors (Lipinski definition) is 2. The van der Waals surface area contributed by atoms with E-state index in [-0.39, 0.29) is 17.7 Å². The van der Waals surface area contributed by atoms with Gasteiger partial charge in [-0.1, -0.05) is 24.3 Å². The standard InChI is InChI=1S/C23H29N3O3/c1-17(27)29-22-9-5-4-8-20(22)23(28)24-16-21(26-14-6-7-15-26)18-10-12-19(13-11-18)25(2)3/h4-5,8-13,21H,6-7,14-16H2,1-3H3,(H,24,28)/p+1/t21-/m1/s1. The number of anilines is 1. The topological polar surface area (TPSA) is 63.1 Å². The molecule has 0 radical (unpaired) electrons. The molecule has 3 rings (SSSR count). The summed E-state index contributed by atoms with van der Waals surface area (Å²) in [4.78, 5) is 27.7. The quantitative estimate of drug-likeness (QED) is 0.554. The van der Waals surface area contributed by atoms with Gasteiger partial charge in [-0.3, -0.25) is 9.59 Å². The Labute approximate surface area is 172 Å². The van der Waals surface area contributed by atoms with E-state index < -0.39 is 5.97 Å². The summed E-state index contributed by atoms with van der Waals surface area (Å²) in [7, 11) is 4.05. The van der Waals surface area contributed by atoms with Crippen molar-refractivity contribution in [2.24, 2.45) is 0 Å². The molecule has 0 bridgehead atoms. The average molecular weight is 397 g/mol. The number of likely N-dealkylation sites (tertiary alicyclic amines) is 1. The maximum absolute atomic E-state index is 12.8. The predicted molar refractivity (Wildman–Crippen MR) is 114 cm³/mol. The number of carbonyl (C=O) groups is 2. The third-order valence-electron chi connectivity index (χ3n) is 5.40. The Balaban J connectivity index is 1.75. The minimum absolute atomic E-state index is 0.193. The number of hydrogen-bond acceptors (Lipinski definition) is 4. The van der Waals surface area contributed by atoms with Gasteiger partial charge in [0.15, 0.2) is 0 Å². The van der Waals surface area contributed by atoms with Crippen LogP contribution in [0.25, 0.3) is 0 Å². The van der Waals surface area contributed by atoms with E-state index in [1.54, 1.807) is 24.3 Å². The van der Waals surface area contributed by atoms with E-state index in [2.05, 4.69) is 34.5 Å². The smallest absolute Gasteiger partial charge is 0.308 e. The molecule has 154 valence electrons. The summed E-state index contributed by atoms with van der Waals surface area (Å²) in [6.07, 6.45) is 2.43. The van der Waals surface area contributed by atoms with Crippen LogP contribution in [0.4, 0.5) is 5.69 Å². The molecule has 1 heterocycles. The van der Waals surface area contributed by atoms with Gasteiger partial charge in [-0.15, -0.1) is 0 Å². The van der Waals surface area contributed by atoms with Crippen molar-refractivity contribution in [3.05, 3.63) is 59.7 Å². The molecule has 0 spiro atoms. The summed E-state index contributed by atoms with van der Waals surface area (Å²) in [5, 5.41) is 3.06. The van der Waals surface area contributed by atoms with Gasteiger partial charge in [-0.2, -0.15) is 0 Å². The fourth-order valence-corrected chi connectivity index (χ4v) is 3.87. The van der Waals surface area contributed by atoms with E-state index in [0.717, 1.165) is 18.8 Å². The van der Waals surface area contributed by atoms with Crippen LogP contribution in [-0.2, 0) is 4.79 Å². The lowest BCUT2D eigenvalue weighted by molar-refractivity contribution is -0.918. The zero-order valence-corrected chi connectivity index (χ0v) is 17.4. The van der Waals surface area contributed by atoms with Crippen molar-refractivity contribution >= 4 is 17.6 Å². The van der Waals surface area contributed by atoms with E-state index in [1.165, 1.54) is 30.2 Å². The van der Waals surface area contributed by atoms with Crippen molar-refractivity contribution in [2.75, 3.05) is 38.6 Å². The van der Waals surface area contributed by atoms with Crippen LogP contribution in [0.15, 0.2) is 48.5 Å². The van der Waals surface area contributed by atoms with Crippen LogP contribution in [0.1, 0.15) is 41.7 Å². The maximum atomic E-state index is 12.8. The van der Waals surface area contributed by atoms with Crippen molar-refractivity contribution in [2.45, 2.75) is 25.8 Å². The van der Waals surface area contributed by atoms with Gasteiger partial charge in [-0.05, 0) is 24.3 Å². The minimum Gasteiger partial charge on any atom is -0.426 e. The normalized spacial score (nSPS) is 15.0. The highest BCUT2D eigenvalue weighted by Gasteiger charge is 2.28. The summed E-state index contributed by atoms with van der Waals surface area (Å²) in [6, 6.07) is 15.6. The first-order valence-corrected chi connectivity index (χ1v) is 10.1. The Morgan fingerprint density at radius 1 is 1.07 bits per heavy atom. The van der Waals surface area contributed by atoms with Gasteiger partial charge in [0.05, 0.1) is 25.2 Å². The Bertz CT molecular complexity index is 843. The molecule has 2 aromatic rings. The summed E-state index contributed by atoms with van der Waals surface area (Å²) in [6.45, 7) is 4.09. The number of esters is 1. The second kappa shape index (κ2) is 9.56. The molecule has 0 aliphatic carbocycles. The zero-order chi connectivity index (χ0) is 20.8. The third kappa shape index (κ3) is 5.35. The molecule has 2 N–H and O–H groups in total. The number of carbonyl (C=O) groups excluding carboxylic acids is 2. The third-order valence-corrected chi connectivity index (χ3v) is 5.40. The molecule has 1 aliphatic rings. The van der Waals surface area contributed by atoms with E-state index in [1.807, 2.05) is 14.1 Å². The van der Waals surface area contributed by atoms with Gasteiger partial charge in [0.1, 0.15) is 11.8 Å². The van der Waals surface area contributed by atoms with E-state index in [4.69, 9.17) is 4.74 Å². The molecular formula is C23H30N3O3+. The molecule has 1 saturated heterocycles. The minimum atomic E-state index is -0.439. The Morgan fingerprint density at radius 2 is 1.72 bits per heavy atom. The van der Waals surface area contributed by atoms with Gasteiger partial charge in [0, 0.05) is 45.1 Å². The average Bonchev–Trinajstić information content (AvgIpc) is 3.23. The second-order valence-electron chi connectivity index (χ2n) is 7.70. The fourth-order valence-electron chi connectivity index (χ4n) is 3.87. The molecule has 0 unspecified atom stereocenters. The monoisotopic (exact) mass is 396 g/mol. The first-order valence-electron chi connectivity index (χ1n) is 10.1. The first kappa shape index (κ1) is 20.9. The van der Waals surface area contributed by atoms with Crippen LogP contribution in [0, 0.1) is 0 Å². The van der Waals surface area contributed by atoms with Crippen LogP contribution < -0.4 is 19.9 Å². The summed E-state index contributed by atoms with van der Waals surface area (Å²) in [5.74, 6) is -0.376. The molecule has 0 saturated carbocycles. The lowest BCUT2D eigenvalue weighted by Gasteiger charge is -2.26. The van der Waals surface area contributed by atoms with E-state index >= 15 is 0 Å². The number of para-hydroxylation sites is 1. The van der Waals surface area contributed by atoms with E-state index in [9.17, 15) is 9.59 Å². The number of ether oxygens (including phenoxy) is 1. The van der Waals surface area contributed by atoms with Crippen LogP contribution in [0.3, 0.4) is 0 Å². The van der Waals surface area contributed by atoms with Crippen LogP contribution in [0.5, 0.6) is 5.75 Å². The van der Waals surface area contributed by atoms with Crippen molar-refractivity contribution in [1.29, 1.82) is 0 Å². The molecule has 0 aromatic heterocycles. The lowest BCUT2D eigenvalue weighted by Crippen LogP contribution is -3.11. The second-order valence-corrected chi connectivity index (χ2v) is 7.70. The van der Waals surface area contributed by atoms with Crippen molar-refractivity contribution in [3.8, 4) is 5.75 Å². The van der Waals surface area contributed by atoms with Gasteiger partial charge < -0.3 is 19.9 Å². The van der Waals surface area contributed by atoms with Gasteiger partial charge >= 0.3 is 5.97 Å². The van der Waals surface area contributed by atoms with Crippen LogP contribution in [-0.4, -0.2) is 45.6 Å². The highest BCUT2D eigenvalue weighted by molar-refractivity contribution is 5.97. The number of amides is 1. The van der Waals surface area contributed by atoms with Crippen LogP contribution >= 0.6 is 0 Å². The highest BCUT2D eigenvalue weighted by atomic mass is 16.5. The molecule has 1 amide bonds. The maximum Gasteiger partial charge on any atom is 0.308 e. The van der Waals surface area contributed by atoms with Crippen molar-refractivity contribution in [3.63, 3.8) is 0 Å². The molecule has 2 aromatic carbocycles. The summed E-state index contributed by atoms with van der Waals surface area (Å²) >= 11 is 0. The molecule has 1 fully saturated rings. The number of rotatable bonds is 7. The molecule has 29 heavy (non-hydrogen) atoms. The molecule has 6 nitrogen and oxygen atoms in total. The lowest BCUT2D eigenvalue weighted by atomic mass is 10.0. The summed E-state index contributed by atoms with van der Waals surface area (Å²) < 4.78 is 5.18. The van der Waals surface area contributed by atoms with Crippen LogP contribution in [0.2, 0.25) is 0 Å². The Morgan fingerprint density at radius 3 is 2.34 bits per heavy atom. The fraction of sp³-hybridized carbons (Fsp3) is 0.391. The van der Waals surface area contributed by atoms with Crippen molar-refractivity contribution < 1.29 is 19.2 Å². The Hall–Kier alpha value is -2.86. The molecule has 1 atom stereocenters. The summed E-state index contributed by atoms with van der Waals surface area (Å²) in [5.41, 5.74) is 2.75. The SMILES string of the molecule is CC(=O)Oc1ccccc1C(=O)NC[C@H](c1ccc(N(C)C)cc1)[NH+]1CCCC1. The van der Waals surface area contributed by atoms with E-state index in [0.29, 0.717) is 12.1 Å². The Kier molecular flexibility index (Phi) is 6.88. The predicted octanol–water partition coefficient (Wildman–Crippen LogP) is 1.83. The number of nitrogens with one attached hydrogen (secondary N) is 2. The van der Waals surface area contributed by atoms with Gasteiger partial charge in [-0.25, -0.2) is 0 Å². The zero-order valence-electron chi connectivity index (χ0n) is 17.4.